The van der Waals surface area contributed by atoms with E-state index in [0.29, 0.717) is 0 Å². The Hall–Kier alpha value is -1.09. The van der Waals surface area contributed by atoms with Gasteiger partial charge in [-0.05, 0) is 27.2 Å². The number of ether oxygens (including phenoxy) is 1. The summed E-state index contributed by atoms with van der Waals surface area (Å²) < 4.78 is 28.1. The van der Waals surface area contributed by atoms with Crippen LogP contribution in [0.1, 0.15) is 33.6 Å². The highest BCUT2D eigenvalue weighted by molar-refractivity contribution is 7.92. The van der Waals surface area contributed by atoms with E-state index in [1.165, 1.54) is 14.0 Å². The molecule has 0 aliphatic rings. The third-order valence-electron chi connectivity index (χ3n) is 2.61. The topological polar surface area (TPSA) is 84.2 Å². The van der Waals surface area contributed by atoms with E-state index in [2.05, 4.69) is 4.74 Å². The van der Waals surface area contributed by atoms with E-state index in [0.717, 1.165) is 0 Å². The largest absolute Gasteiger partial charge is 0.469 e. The first-order chi connectivity index (χ1) is 7.64. The average molecular weight is 261 g/mol. The van der Waals surface area contributed by atoms with Crippen molar-refractivity contribution in [3.05, 3.63) is 0 Å². The van der Waals surface area contributed by atoms with Gasteiger partial charge in [0.15, 0.2) is 9.84 Å². The molecule has 17 heavy (non-hydrogen) atoms. The number of hydrogen-bond acceptors (Lipinski definition) is 5. The lowest BCUT2D eigenvalue weighted by Crippen LogP contribution is -2.26. The Morgan fingerprint density at radius 2 is 2.00 bits per heavy atom. The highest BCUT2D eigenvalue weighted by Crippen LogP contribution is 2.21. The molecule has 1 atom stereocenters. The molecule has 0 aromatic carbocycles. The quantitative estimate of drug-likeness (QED) is 0.673. The molecule has 6 heteroatoms. The van der Waals surface area contributed by atoms with Crippen LogP contribution in [0.25, 0.3) is 0 Å². The van der Waals surface area contributed by atoms with Gasteiger partial charge in [0.05, 0.1) is 36.0 Å². The van der Waals surface area contributed by atoms with E-state index in [1.54, 1.807) is 13.8 Å². The van der Waals surface area contributed by atoms with E-state index < -0.39 is 26.5 Å². The second-order valence-corrected chi connectivity index (χ2v) is 7.24. The molecular weight excluding hydrogens is 242 g/mol. The summed E-state index contributed by atoms with van der Waals surface area (Å²) in [4.78, 5) is 11.0. The predicted molar refractivity (Wildman–Crippen MR) is 63.9 cm³/mol. The molecule has 0 heterocycles. The average Bonchev–Trinajstić information content (AvgIpc) is 2.26. The van der Waals surface area contributed by atoms with Crippen molar-refractivity contribution in [1.29, 1.82) is 5.26 Å². The second-order valence-electron chi connectivity index (χ2n) is 4.70. The lowest BCUT2D eigenvalue weighted by atomic mass is 9.93. The number of sulfone groups is 1. The SMILES string of the molecule is COC(=O)CC(C)S(=O)(=O)CCC(C)(C)C#N. The zero-order chi connectivity index (χ0) is 13.7. The Bertz CT molecular complexity index is 406. The maximum Gasteiger partial charge on any atom is 0.306 e. The minimum atomic E-state index is -3.36. The summed E-state index contributed by atoms with van der Waals surface area (Å²) in [5.74, 6) is -0.633. The number of nitriles is 1. The van der Waals surface area contributed by atoms with Crippen LogP contribution in [0.2, 0.25) is 0 Å². The number of carbonyl (C=O) groups excluding carboxylic acids is 1. The molecule has 0 amide bonds. The van der Waals surface area contributed by atoms with Gasteiger partial charge in [0.25, 0.3) is 0 Å². The fourth-order valence-corrected chi connectivity index (χ4v) is 2.69. The van der Waals surface area contributed by atoms with E-state index in [9.17, 15) is 13.2 Å². The maximum atomic E-state index is 11.8. The van der Waals surface area contributed by atoms with Crippen molar-refractivity contribution < 1.29 is 17.9 Å². The van der Waals surface area contributed by atoms with Gasteiger partial charge in [-0.1, -0.05) is 0 Å². The van der Waals surface area contributed by atoms with Gasteiger partial charge in [-0.3, -0.25) is 4.79 Å². The smallest absolute Gasteiger partial charge is 0.306 e. The van der Waals surface area contributed by atoms with Crippen molar-refractivity contribution in [3.8, 4) is 6.07 Å². The number of methoxy groups -OCH3 is 1. The number of nitrogens with zero attached hydrogens (tertiary/aromatic N) is 1. The van der Waals surface area contributed by atoms with Crippen LogP contribution in [0.3, 0.4) is 0 Å². The van der Waals surface area contributed by atoms with Crippen molar-refractivity contribution in [2.75, 3.05) is 12.9 Å². The number of esters is 1. The highest BCUT2D eigenvalue weighted by atomic mass is 32.2. The van der Waals surface area contributed by atoms with Crippen LogP contribution in [-0.2, 0) is 19.4 Å². The fourth-order valence-electron chi connectivity index (χ4n) is 1.10. The van der Waals surface area contributed by atoms with Crippen LogP contribution < -0.4 is 0 Å². The van der Waals surface area contributed by atoms with Crippen molar-refractivity contribution >= 4 is 15.8 Å². The van der Waals surface area contributed by atoms with Gasteiger partial charge in [0.1, 0.15) is 0 Å². The minimum absolute atomic E-state index is 0.0915. The molecule has 0 rings (SSSR count). The molecule has 0 aliphatic heterocycles. The lowest BCUT2D eigenvalue weighted by Gasteiger charge is -2.17. The predicted octanol–water partition coefficient (Wildman–Crippen LogP) is 1.29. The second kappa shape index (κ2) is 6.01. The third-order valence-corrected chi connectivity index (χ3v) is 4.78. The molecule has 98 valence electrons. The van der Waals surface area contributed by atoms with Crippen molar-refractivity contribution in [1.82, 2.24) is 0 Å². The first kappa shape index (κ1) is 15.9. The summed E-state index contributed by atoms with van der Waals surface area (Å²) in [5.41, 5.74) is -0.669. The highest BCUT2D eigenvalue weighted by Gasteiger charge is 2.27. The number of carbonyl (C=O) groups is 1. The molecule has 5 nitrogen and oxygen atoms in total. The van der Waals surface area contributed by atoms with Crippen LogP contribution in [0, 0.1) is 16.7 Å². The molecule has 0 saturated carbocycles. The molecular formula is C11H19NO4S. The third kappa shape index (κ3) is 5.68. The van der Waals surface area contributed by atoms with Crippen LogP contribution in [0.5, 0.6) is 0 Å². The normalized spacial score (nSPS) is 13.8. The molecule has 0 N–H and O–H groups in total. The molecule has 0 radical (unpaired) electrons. The summed E-state index contributed by atoms with van der Waals surface area (Å²) in [7, 11) is -2.14. The van der Waals surface area contributed by atoms with Crippen LogP contribution in [0.4, 0.5) is 0 Å². The standard InChI is InChI=1S/C11H19NO4S/c1-9(7-10(13)16-4)17(14,15)6-5-11(2,3)8-12/h9H,5-7H2,1-4H3. The van der Waals surface area contributed by atoms with Crippen LogP contribution in [0.15, 0.2) is 0 Å². The molecule has 0 saturated heterocycles. The summed E-state index contributed by atoms with van der Waals surface area (Å²) >= 11 is 0. The van der Waals surface area contributed by atoms with Gasteiger partial charge in [-0.15, -0.1) is 0 Å². The Labute approximate surface area is 103 Å². The van der Waals surface area contributed by atoms with Gasteiger partial charge in [-0.25, -0.2) is 8.42 Å². The summed E-state index contributed by atoms with van der Waals surface area (Å²) in [6.45, 7) is 4.85. The van der Waals surface area contributed by atoms with Gasteiger partial charge < -0.3 is 4.74 Å². The number of hydrogen-bond donors (Lipinski definition) is 0. The van der Waals surface area contributed by atoms with Crippen molar-refractivity contribution in [2.24, 2.45) is 5.41 Å². The minimum Gasteiger partial charge on any atom is -0.469 e. The van der Waals surface area contributed by atoms with E-state index in [4.69, 9.17) is 5.26 Å². The molecule has 1 unspecified atom stereocenters. The van der Waals surface area contributed by atoms with Crippen LogP contribution in [-0.4, -0.2) is 32.5 Å². The summed E-state index contributed by atoms with van der Waals surface area (Å²) in [5, 5.41) is 8.02. The van der Waals surface area contributed by atoms with Gasteiger partial charge >= 0.3 is 5.97 Å². The van der Waals surface area contributed by atoms with Crippen molar-refractivity contribution in [3.63, 3.8) is 0 Å². The van der Waals surface area contributed by atoms with E-state index in [1.807, 2.05) is 6.07 Å². The fraction of sp³-hybridized carbons (Fsp3) is 0.818. The lowest BCUT2D eigenvalue weighted by molar-refractivity contribution is -0.140. The first-order valence-electron chi connectivity index (χ1n) is 5.34. The molecule has 0 bridgehead atoms. The first-order valence-corrected chi connectivity index (χ1v) is 7.06. The Morgan fingerprint density at radius 3 is 2.41 bits per heavy atom. The van der Waals surface area contributed by atoms with E-state index in [-0.39, 0.29) is 18.6 Å². The molecule has 0 spiro atoms. The monoisotopic (exact) mass is 261 g/mol. The maximum absolute atomic E-state index is 11.8. The van der Waals surface area contributed by atoms with Crippen molar-refractivity contribution in [2.45, 2.75) is 38.9 Å². The molecule has 0 aromatic heterocycles. The molecule has 0 aliphatic carbocycles. The molecule has 0 aromatic rings. The summed E-state index contributed by atoms with van der Waals surface area (Å²) in [6.07, 6.45) is 0.114. The molecule has 0 fully saturated rings. The van der Waals surface area contributed by atoms with Crippen LogP contribution >= 0.6 is 0 Å². The van der Waals surface area contributed by atoms with Gasteiger partial charge in [0.2, 0.25) is 0 Å². The Balaban J connectivity index is 4.50. The Kier molecular flexibility index (Phi) is 5.62. The zero-order valence-electron chi connectivity index (χ0n) is 10.7. The van der Waals surface area contributed by atoms with Gasteiger partial charge in [0, 0.05) is 0 Å². The Morgan fingerprint density at radius 1 is 1.47 bits per heavy atom. The number of rotatable bonds is 6. The van der Waals surface area contributed by atoms with Gasteiger partial charge in [-0.2, -0.15) is 5.26 Å². The van der Waals surface area contributed by atoms with E-state index >= 15 is 0 Å². The summed E-state index contributed by atoms with van der Waals surface area (Å²) in [6, 6.07) is 2.05. The zero-order valence-corrected chi connectivity index (χ0v) is 11.5.